The summed E-state index contributed by atoms with van der Waals surface area (Å²) in [6.45, 7) is 0. The second-order valence-corrected chi connectivity index (χ2v) is 3.72. The van der Waals surface area contributed by atoms with E-state index < -0.39 is 5.97 Å². The third kappa shape index (κ3) is 0.982. The van der Waals surface area contributed by atoms with E-state index in [9.17, 15) is 4.79 Å². The van der Waals surface area contributed by atoms with Gasteiger partial charge in [-0.2, -0.15) is 0 Å². The van der Waals surface area contributed by atoms with Crippen molar-refractivity contribution in [2.75, 3.05) is 0 Å². The van der Waals surface area contributed by atoms with Crippen LogP contribution in [0.25, 0.3) is 0 Å². The number of carboxylic acids is 1. The first-order valence-corrected chi connectivity index (χ1v) is 4.62. The summed E-state index contributed by atoms with van der Waals surface area (Å²) in [5.74, 6) is -0.892. The van der Waals surface area contributed by atoms with Crippen molar-refractivity contribution in [1.82, 2.24) is 4.98 Å². The molecule has 0 saturated carbocycles. The third-order valence-corrected chi connectivity index (χ3v) is 3.07. The van der Waals surface area contributed by atoms with Gasteiger partial charge in [0.05, 0.1) is 4.47 Å². The van der Waals surface area contributed by atoms with E-state index in [4.69, 9.17) is 5.11 Å². The highest BCUT2D eigenvalue weighted by atomic mass is 79.9. The van der Waals surface area contributed by atoms with Crippen LogP contribution in [0.2, 0.25) is 0 Å². The molecule has 0 saturated heterocycles. The van der Waals surface area contributed by atoms with Gasteiger partial charge in [0, 0.05) is 5.69 Å². The van der Waals surface area contributed by atoms with Crippen molar-refractivity contribution in [2.24, 2.45) is 0 Å². The normalized spacial score (nSPS) is 14.8. The SMILES string of the molecule is O=C(O)c1[nH]c2c(c1Br)CCC2. The van der Waals surface area contributed by atoms with Crippen LogP contribution >= 0.6 is 15.9 Å². The zero-order valence-electron chi connectivity index (χ0n) is 6.35. The lowest BCUT2D eigenvalue weighted by Crippen LogP contribution is -1.98. The number of halogens is 1. The molecular weight excluding hydrogens is 222 g/mol. The van der Waals surface area contributed by atoms with Crippen molar-refractivity contribution in [3.05, 3.63) is 21.4 Å². The monoisotopic (exact) mass is 229 g/mol. The number of rotatable bonds is 1. The quantitative estimate of drug-likeness (QED) is 0.774. The summed E-state index contributed by atoms with van der Waals surface area (Å²) >= 11 is 3.29. The molecule has 0 amide bonds. The van der Waals surface area contributed by atoms with Gasteiger partial charge in [-0.3, -0.25) is 0 Å². The van der Waals surface area contributed by atoms with Crippen LogP contribution < -0.4 is 0 Å². The van der Waals surface area contributed by atoms with Gasteiger partial charge in [-0.25, -0.2) is 4.79 Å². The molecule has 0 aliphatic heterocycles. The molecule has 1 aliphatic rings. The number of aryl methyl sites for hydroxylation is 1. The predicted molar refractivity (Wildman–Crippen MR) is 47.5 cm³/mol. The van der Waals surface area contributed by atoms with Crippen molar-refractivity contribution < 1.29 is 9.90 Å². The Kier molecular flexibility index (Phi) is 1.72. The number of aromatic nitrogens is 1. The number of carbonyl (C=O) groups is 1. The molecule has 1 aromatic rings. The fraction of sp³-hybridized carbons (Fsp3) is 0.375. The molecule has 12 heavy (non-hydrogen) atoms. The van der Waals surface area contributed by atoms with Gasteiger partial charge < -0.3 is 10.1 Å². The van der Waals surface area contributed by atoms with Gasteiger partial charge in [-0.1, -0.05) is 0 Å². The summed E-state index contributed by atoms with van der Waals surface area (Å²) in [6.07, 6.45) is 3.08. The predicted octanol–water partition coefficient (Wildman–Crippen LogP) is 1.96. The van der Waals surface area contributed by atoms with Crippen LogP contribution in [0.1, 0.15) is 28.2 Å². The van der Waals surface area contributed by atoms with E-state index in [-0.39, 0.29) is 0 Å². The number of H-pyrrole nitrogens is 1. The molecule has 1 aliphatic carbocycles. The minimum atomic E-state index is -0.892. The minimum absolute atomic E-state index is 0.291. The summed E-state index contributed by atoms with van der Waals surface area (Å²) in [5.41, 5.74) is 2.52. The van der Waals surface area contributed by atoms with Crippen molar-refractivity contribution in [2.45, 2.75) is 19.3 Å². The molecular formula is C8H8BrNO2. The summed E-state index contributed by atoms with van der Waals surface area (Å²) in [4.78, 5) is 13.6. The standard InChI is InChI=1S/C8H8BrNO2/c9-6-4-2-1-3-5(4)10-7(6)8(11)12/h10H,1-3H2,(H,11,12). The maximum absolute atomic E-state index is 10.7. The van der Waals surface area contributed by atoms with Gasteiger partial charge in [0.2, 0.25) is 0 Å². The van der Waals surface area contributed by atoms with Gasteiger partial charge in [-0.05, 0) is 40.8 Å². The largest absolute Gasteiger partial charge is 0.477 e. The lowest BCUT2D eigenvalue weighted by molar-refractivity contribution is 0.0690. The van der Waals surface area contributed by atoms with E-state index in [2.05, 4.69) is 20.9 Å². The van der Waals surface area contributed by atoms with E-state index in [0.717, 1.165) is 35.0 Å². The fourth-order valence-electron chi connectivity index (χ4n) is 1.63. The van der Waals surface area contributed by atoms with Crippen molar-refractivity contribution in [3.8, 4) is 0 Å². The molecule has 0 atom stereocenters. The molecule has 0 bridgehead atoms. The lowest BCUT2D eigenvalue weighted by atomic mass is 10.2. The highest BCUT2D eigenvalue weighted by Gasteiger charge is 2.22. The maximum atomic E-state index is 10.7. The van der Waals surface area contributed by atoms with Gasteiger partial charge in [0.15, 0.2) is 0 Å². The highest BCUT2D eigenvalue weighted by molar-refractivity contribution is 9.10. The Morgan fingerprint density at radius 1 is 1.50 bits per heavy atom. The second kappa shape index (κ2) is 2.62. The number of hydrogen-bond donors (Lipinski definition) is 2. The molecule has 1 heterocycles. The molecule has 1 aromatic heterocycles. The maximum Gasteiger partial charge on any atom is 0.353 e. The van der Waals surface area contributed by atoms with E-state index in [0.29, 0.717) is 5.69 Å². The molecule has 64 valence electrons. The van der Waals surface area contributed by atoms with E-state index >= 15 is 0 Å². The molecule has 3 nitrogen and oxygen atoms in total. The number of hydrogen-bond acceptors (Lipinski definition) is 1. The van der Waals surface area contributed by atoms with Gasteiger partial charge in [0.1, 0.15) is 5.69 Å². The van der Waals surface area contributed by atoms with Gasteiger partial charge >= 0.3 is 5.97 Å². The third-order valence-electron chi connectivity index (χ3n) is 2.19. The second-order valence-electron chi connectivity index (χ2n) is 2.93. The number of carboxylic acid groups (broad SMARTS) is 1. The lowest BCUT2D eigenvalue weighted by Gasteiger charge is -1.92. The average molecular weight is 230 g/mol. The average Bonchev–Trinajstić information content (AvgIpc) is 2.53. The fourth-order valence-corrected chi connectivity index (χ4v) is 2.33. The van der Waals surface area contributed by atoms with Crippen LogP contribution in [0.15, 0.2) is 4.47 Å². The van der Waals surface area contributed by atoms with E-state index in [1.807, 2.05) is 0 Å². The Hall–Kier alpha value is -0.770. The number of aromatic carboxylic acids is 1. The zero-order valence-corrected chi connectivity index (χ0v) is 7.94. The number of nitrogens with one attached hydrogen (secondary N) is 1. The smallest absolute Gasteiger partial charge is 0.353 e. The molecule has 0 unspecified atom stereocenters. The van der Waals surface area contributed by atoms with Crippen LogP contribution in [0.4, 0.5) is 0 Å². The summed E-state index contributed by atoms with van der Waals surface area (Å²) in [7, 11) is 0. The Bertz CT molecular complexity index is 343. The first kappa shape index (κ1) is 7.86. The molecule has 0 fully saturated rings. The summed E-state index contributed by atoms with van der Waals surface area (Å²) in [6, 6.07) is 0. The Labute approximate surface area is 77.9 Å². The summed E-state index contributed by atoms with van der Waals surface area (Å²) in [5, 5.41) is 8.76. The topological polar surface area (TPSA) is 53.1 Å². The molecule has 0 aromatic carbocycles. The molecule has 2 N–H and O–H groups in total. The Morgan fingerprint density at radius 3 is 2.83 bits per heavy atom. The van der Waals surface area contributed by atoms with Crippen molar-refractivity contribution in [3.63, 3.8) is 0 Å². The molecule has 0 radical (unpaired) electrons. The molecule has 2 rings (SSSR count). The van der Waals surface area contributed by atoms with Gasteiger partial charge in [-0.15, -0.1) is 0 Å². The Morgan fingerprint density at radius 2 is 2.25 bits per heavy atom. The van der Waals surface area contributed by atoms with E-state index in [1.54, 1.807) is 0 Å². The highest BCUT2D eigenvalue weighted by Crippen LogP contribution is 2.31. The van der Waals surface area contributed by atoms with Crippen molar-refractivity contribution in [1.29, 1.82) is 0 Å². The molecule has 4 heteroatoms. The van der Waals surface area contributed by atoms with Crippen LogP contribution in [0, 0.1) is 0 Å². The number of aromatic amines is 1. The number of fused-ring (bicyclic) bond motifs is 1. The molecule has 0 spiro atoms. The van der Waals surface area contributed by atoms with Crippen LogP contribution in [-0.4, -0.2) is 16.1 Å². The van der Waals surface area contributed by atoms with Crippen molar-refractivity contribution >= 4 is 21.9 Å². The van der Waals surface area contributed by atoms with E-state index in [1.165, 1.54) is 0 Å². The summed E-state index contributed by atoms with van der Waals surface area (Å²) < 4.78 is 0.738. The van der Waals surface area contributed by atoms with Crippen LogP contribution in [-0.2, 0) is 12.8 Å². The van der Waals surface area contributed by atoms with Gasteiger partial charge in [0.25, 0.3) is 0 Å². The first-order chi connectivity index (χ1) is 5.70. The van der Waals surface area contributed by atoms with Crippen LogP contribution in [0.3, 0.4) is 0 Å². The minimum Gasteiger partial charge on any atom is -0.477 e. The van der Waals surface area contributed by atoms with Crippen LogP contribution in [0.5, 0.6) is 0 Å². The zero-order chi connectivity index (χ0) is 8.72. The Balaban J connectivity index is 2.54. The first-order valence-electron chi connectivity index (χ1n) is 3.82.